The molecule has 3 aromatic rings. The maximum atomic E-state index is 13.1. The van der Waals surface area contributed by atoms with Crippen molar-refractivity contribution < 1.29 is 17.9 Å². The van der Waals surface area contributed by atoms with E-state index in [-0.39, 0.29) is 0 Å². The van der Waals surface area contributed by atoms with Crippen LogP contribution in [-0.2, 0) is 16.6 Å². The molecular weight excluding hydrogens is 446 g/mol. The molecule has 0 saturated carbocycles. The topological polar surface area (TPSA) is 72.0 Å². The van der Waals surface area contributed by atoms with Crippen molar-refractivity contribution in [3.05, 3.63) is 58.4 Å². The number of nitrogens with zero attached hydrogens (tertiary/aromatic N) is 3. The number of ether oxygens (including phenoxy) is 2. The zero-order valence-corrected chi connectivity index (χ0v) is 20.1. The third-order valence-electron chi connectivity index (χ3n) is 5.63. The number of benzene rings is 2. The third kappa shape index (κ3) is 4.80. The van der Waals surface area contributed by atoms with Crippen LogP contribution in [0.1, 0.15) is 10.6 Å². The maximum absolute atomic E-state index is 13.1. The summed E-state index contributed by atoms with van der Waals surface area (Å²) in [4.78, 5) is 7.33. The molecule has 1 aromatic heterocycles. The summed E-state index contributed by atoms with van der Waals surface area (Å²) in [5, 5.41) is 3.09. The van der Waals surface area contributed by atoms with Crippen LogP contribution in [-0.4, -0.2) is 63.0 Å². The second-order valence-electron chi connectivity index (χ2n) is 7.67. The number of aryl methyl sites for hydroxylation is 1. The van der Waals surface area contributed by atoms with Crippen LogP contribution in [0.3, 0.4) is 0 Å². The monoisotopic (exact) mass is 473 g/mol. The van der Waals surface area contributed by atoms with E-state index >= 15 is 0 Å². The van der Waals surface area contributed by atoms with Gasteiger partial charge in [0.25, 0.3) is 0 Å². The van der Waals surface area contributed by atoms with Gasteiger partial charge in [0.1, 0.15) is 16.5 Å². The molecule has 1 fully saturated rings. The molecule has 2 heterocycles. The highest BCUT2D eigenvalue weighted by atomic mass is 32.2. The van der Waals surface area contributed by atoms with Gasteiger partial charge >= 0.3 is 0 Å². The van der Waals surface area contributed by atoms with Crippen molar-refractivity contribution >= 4 is 21.4 Å². The molecule has 0 radical (unpaired) electrons. The predicted molar refractivity (Wildman–Crippen MR) is 126 cm³/mol. The molecule has 1 aliphatic heterocycles. The first-order chi connectivity index (χ1) is 15.4. The quantitative estimate of drug-likeness (QED) is 0.522. The van der Waals surface area contributed by atoms with Crippen molar-refractivity contribution in [3.63, 3.8) is 0 Å². The van der Waals surface area contributed by atoms with E-state index in [4.69, 9.17) is 14.5 Å². The number of rotatable bonds is 7. The van der Waals surface area contributed by atoms with Crippen molar-refractivity contribution in [2.24, 2.45) is 0 Å². The molecule has 1 aliphatic rings. The predicted octanol–water partition coefficient (Wildman–Crippen LogP) is 3.64. The van der Waals surface area contributed by atoms with Crippen LogP contribution in [0, 0.1) is 6.92 Å². The van der Waals surface area contributed by atoms with E-state index in [1.165, 1.54) is 0 Å². The van der Waals surface area contributed by atoms with Crippen LogP contribution in [0.25, 0.3) is 11.3 Å². The number of piperazine rings is 1. The Morgan fingerprint density at radius 3 is 2.34 bits per heavy atom. The molecule has 1 saturated heterocycles. The SMILES string of the molecule is COc1ccc(-c2csc(CN3CCN(S(=O)(=O)c4ccc(OC)c(C)c4)CC3)n2)cc1. The minimum absolute atomic E-state index is 0.313. The second kappa shape index (κ2) is 9.58. The average Bonchev–Trinajstić information content (AvgIpc) is 3.28. The second-order valence-corrected chi connectivity index (χ2v) is 10.5. The van der Waals surface area contributed by atoms with Crippen LogP contribution >= 0.6 is 11.3 Å². The summed E-state index contributed by atoms with van der Waals surface area (Å²) in [5.74, 6) is 1.51. The van der Waals surface area contributed by atoms with Crippen molar-refractivity contribution in [3.8, 4) is 22.8 Å². The minimum Gasteiger partial charge on any atom is -0.497 e. The number of methoxy groups -OCH3 is 2. The number of sulfonamides is 1. The summed E-state index contributed by atoms with van der Waals surface area (Å²) in [6, 6.07) is 12.9. The average molecular weight is 474 g/mol. The van der Waals surface area contributed by atoms with Crippen molar-refractivity contribution in [2.75, 3.05) is 40.4 Å². The minimum atomic E-state index is -3.52. The van der Waals surface area contributed by atoms with E-state index in [1.807, 2.05) is 31.2 Å². The van der Waals surface area contributed by atoms with Gasteiger partial charge in [-0.1, -0.05) is 0 Å². The Morgan fingerprint density at radius 2 is 1.72 bits per heavy atom. The molecular formula is C23H27N3O4S2. The normalized spacial score (nSPS) is 15.6. The Balaban J connectivity index is 1.37. The van der Waals surface area contributed by atoms with Gasteiger partial charge in [-0.15, -0.1) is 11.3 Å². The lowest BCUT2D eigenvalue weighted by molar-refractivity contribution is 0.181. The maximum Gasteiger partial charge on any atom is 0.243 e. The number of thiazole rings is 1. The van der Waals surface area contributed by atoms with Crippen LogP contribution < -0.4 is 9.47 Å². The van der Waals surface area contributed by atoms with Gasteiger partial charge in [-0.2, -0.15) is 4.31 Å². The highest BCUT2D eigenvalue weighted by Gasteiger charge is 2.29. The molecule has 0 spiro atoms. The Bertz CT molecular complexity index is 1170. The first-order valence-electron chi connectivity index (χ1n) is 10.4. The van der Waals surface area contributed by atoms with Gasteiger partial charge < -0.3 is 9.47 Å². The first kappa shape index (κ1) is 22.7. The Labute approximate surface area is 193 Å². The fraction of sp³-hybridized carbons (Fsp3) is 0.348. The molecule has 0 amide bonds. The summed E-state index contributed by atoms with van der Waals surface area (Å²) in [6.45, 7) is 4.84. The number of aromatic nitrogens is 1. The Kier molecular flexibility index (Phi) is 6.80. The summed E-state index contributed by atoms with van der Waals surface area (Å²) < 4.78 is 38.1. The van der Waals surface area contributed by atoms with Gasteiger partial charge in [0.05, 0.1) is 31.4 Å². The van der Waals surface area contributed by atoms with Gasteiger partial charge in [0, 0.05) is 37.1 Å². The van der Waals surface area contributed by atoms with Crippen molar-refractivity contribution in [1.82, 2.24) is 14.2 Å². The van der Waals surface area contributed by atoms with Crippen LogP contribution in [0.5, 0.6) is 11.5 Å². The number of hydrogen-bond acceptors (Lipinski definition) is 7. The van der Waals surface area contributed by atoms with Crippen LogP contribution in [0.15, 0.2) is 52.7 Å². The standard InChI is InChI=1S/C23H27N3O4S2/c1-17-14-20(8-9-22(17)30-3)32(27,28)26-12-10-25(11-13-26)15-23-24-21(16-31-23)18-4-6-19(29-2)7-5-18/h4-9,14,16H,10-13,15H2,1-3H3. The van der Waals surface area contributed by atoms with Gasteiger partial charge in [-0.3, -0.25) is 4.90 Å². The van der Waals surface area contributed by atoms with Crippen LogP contribution in [0.2, 0.25) is 0 Å². The lowest BCUT2D eigenvalue weighted by atomic mass is 10.2. The van der Waals surface area contributed by atoms with E-state index in [2.05, 4.69) is 10.3 Å². The molecule has 7 nitrogen and oxygen atoms in total. The largest absolute Gasteiger partial charge is 0.497 e. The third-order valence-corrected chi connectivity index (χ3v) is 8.36. The smallest absolute Gasteiger partial charge is 0.243 e. The molecule has 9 heteroatoms. The van der Waals surface area contributed by atoms with Gasteiger partial charge in [0.2, 0.25) is 10.0 Å². The Hall–Kier alpha value is -2.46. The van der Waals surface area contributed by atoms with Crippen LogP contribution in [0.4, 0.5) is 0 Å². The lowest BCUT2D eigenvalue weighted by Crippen LogP contribution is -2.48. The van der Waals surface area contributed by atoms with Crippen molar-refractivity contribution in [1.29, 1.82) is 0 Å². The fourth-order valence-electron chi connectivity index (χ4n) is 3.76. The van der Waals surface area contributed by atoms with Gasteiger partial charge in [-0.05, 0) is 55.0 Å². The molecule has 0 atom stereocenters. The van der Waals surface area contributed by atoms with Crippen molar-refractivity contribution in [2.45, 2.75) is 18.4 Å². The molecule has 170 valence electrons. The molecule has 0 unspecified atom stereocenters. The molecule has 0 aliphatic carbocycles. The van der Waals surface area contributed by atoms with E-state index in [0.717, 1.165) is 34.1 Å². The lowest BCUT2D eigenvalue weighted by Gasteiger charge is -2.33. The first-order valence-corrected chi connectivity index (χ1v) is 12.7. The molecule has 2 aromatic carbocycles. The van der Waals surface area contributed by atoms with E-state index in [0.29, 0.717) is 36.8 Å². The molecule has 4 rings (SSSR count). The van der Waals surface area contributed by atoms with E-state index in [1.54, 1.807) is 48.1 Å². The Morgan fingerprint density at radius 1 is 1.00 bits per heavy atom. The van der Waals surface area contributed by atoms with Gasteiger partial charge in [-0.25, -0.2) is 13.4 Å². The molecule has 0 bridgehead atoms. The van der Waals surface area contributed by atoms with Gasteiger partial charge in [0.15, 0.2) is 0 Å². The highest BCUT2D eigenvalue weighted by Crippen LogP contribution is 2.27. The summed E-state index contributed by atoms with van der Waals surface area (Å²) in [7, 11) is -0.282. The zero-order chi connectivity index (χ0) is 22.7. The van der Waals surface area contributed by atoms with E-state index in [9.17, 15) is 8.42 Å². The zero-order valence-electron chi connectivity index (χ0n) is 18.4. The summed E-state index contributed by atoms with van der Waals surface area (Å²) >= 11 is 1.63. The summed E-state index contributed by atoms with van der Waals surface area (Å²) in [5.41, 5.74) is 2.81. The molecule has 0 N–H and O–H groups in total. The fourth-order valence-corrected chi connectivity index (χ4v) is 6.11. The highest BCUT2D eigenvalue weighted by molar-refractivity contribution is 7.89. The molecule has 32 heavy (non-hydrogen) atoms. The number of hydrogen-bond donors (Lipinski definition) is 0. The summed E-state index contributed by atoms with van der Waals surface area (Å²) in [6.07, 6.45) is 0. The van der Waals surface area contributed by atoms with E-state index < -0.39 is 10.0 Å².